The number of aromatic nitrogens is 4. The minimum atomic E-state index is -3.82. The molecule has 0 saturated carbocycles. The molecule has 1 fully saturated rings. The van der Waals surface area contributed by atoms with E-state index < -0.39 is 15.4 Å². The number of ketones is 1. The second kappa shape index (κ2) is 7.21. The minimum Gasteiger partial charge on any atom is -0.299 e. The van der Waals surface area contributed by atoms with Crippen LogP contribution in [0.3, 0.4) is 0 Å². The lowest BCUT2D eigenvalue weighted by Crippen LogP contribution is -2.52. The first-order valence-electron chi connectivity index (χ1n) is 10.3. The second-order valence-electron chi connectivity index (χ2n) is 8.34. The number of carbonyl (C=O) groups excluding carboxylic acids is 1. The average molecular weight is 456 g/mol. The fraction of sp³-hybridized carbons (Fsp3) is 0.318. The van der Waals surface area contributed by atoms with Gasteiger partial charge in [-0.05, 0) is 61.7 Å². The van der Waals surface area contributed by atoms with Gasteiger partial charge < -0.3 is 0 Å². The van der Waals surface area contributed by atoms with Gasteiger partial charge in [0.15, 0.2) is 5.03 Å². The fourth-order valence-electron chi connectivity index (χ4n) is 4.64. The number of benzene rings is 1. The molecule has 2 aromatic heterocycles. The van der Waals surface area contributed by atoms with E-state index in [4.69, 9.17) is 0 Å². The predicted molar refractivity (Wildman–Crippen MR) is 115 cm³/mol. The lowest BCUT2D eigenvalue weighted by Gasteiger charge is -2.44. The summed E-state index contributed by atoms with van der Waals surface area (Å²) in [6.45, 7) is 1.84. The Morgan fingerprint density at radius 2 is 1.94 bits per heavy atom. The van der Waals surface area contributed by atoms with Crippen LogP contribution in [0.15, 0.2) is 53.3 Å². The standard InChI is InChI=1S/C22H22FN5O3S/c1-15(29)22-12-16-13-24-28(19-5-3-18(23)4-6-19)20(16)11-17(22)7-10-27(14-22)32(30,31)21-8-9-26(2)25-21/h3-6,8-9,11,13H,7,10,12,14H2,1-2H3/t22-/m1/s1. The van der Waals surface area contributed by atoms with Crippen LogP contribution in [0.5, 0.6) is 0 Å². The number of sulfonamides is 1. The summed E-state index contributed by atoms with van der Waals surface area (Å²) in [5.41, 5.74) is 2.36. The van der Waals surface area contributed by atoms with Crippen molar-refractivity contribution in [1.82, 2.24) is 23.9 Å². The van der Waals surface area contributed by atoms with Crippen molar-refractivity contribution in [2.75, 3.05) is 13.1 Å². The number of carbonyl (C=O) groups is 1. The summed E-state index contributed by atoms with van der Waals surface area (Å²) in [5, 5.41) is 8.49. The molecule has 0 N–H and O–H groups in total. The van der Waals surface area contributed by atoms with Gasteiger partial charge in [0.05, 0.1) is 23.0 Å². The lowest BCUT2D eigenvalue weighted by atomic mass is 9.66. The topological polar surface area (TPSA) is 90.1 Å². The Labute approximate surface area is 185 Å². The number of hydrogen-bond donors (Lipinski definition) is 0. The zero-order valence-corrected chi connectivity index (χ0v) is 18.5. The molecule has 3 heterocycles. The molecule has 10 heteroatoms. The van der Waals surface area contributed by atoms with Crippen LogP contribution in [0.2, 0.25) is 0 Å². The maximum atomic E-state index is 13.3. The second-order valence-corrected chi connectivity index (χ2v) is 10.2. The van der Waals surface area contributed by atoms with E-state index in [-0.39, 0.29) is 29.7 Å². The van der Waals surface area contributed by atoms with E-state index in [0.717, 1.165) is 22.5 Å². The third-order valence-electron chi connectivity index (χ3n) is 6.42. The Hall–Kier alpha value is -3.11. The first kappa shape index (κ1) is 20.8. The average Bonchev–Trinajstić information content (AvgIpc) is 3.38. The smallest absolute Gasteiger partial charge is 0.262 e. The molecule has 5 rings (SSSR count). The van der Waals surface area contributed by atoms with Crippen LogP contribution in [0.4, 0.5) is 4.39 Å². The molecule has 0 amide bonds. The summed E-state index contributed by atoms with van der Waals surface area (Å²) < 4.78 is 44.2. The molecule has 8 nitrogen and oxygen atoms in total. The van der Waals surface area contributed by atoms with Gasteiger partial charge in [0.2, 0.25) is 0 Å². The van der Waals surface area contributed by atoms with Gasteiger partial charge in [-0.1, -0.05) is 5.57 Å². The highest BCUT2D eigenvalue weighted by Crippen LogP contribution is 2.45. The molecular weight excluding hydrogens is 433 g/mol. The van der Waals surface area contributed by atoms with Crippen LogP contribution in [-0.2, 0) is 28.3 Å². The van der Waals surface area contributed by atoms with Gasteiger partial charge in [-0.25, -0.2) is 17.5 Å². The summed E-state index contributed by atoms with van der Waals surface area (Å²) in [4.78, 5) is 12.9. The first-order valence-corrected chi connectivity index (χ1v) is 11.7. The minimum absolute atomic E-state index is 0.0215. The van der Waals surface area contributed by atoms with Crippen molar-refractivity contribution < 1.29 is 17.6 Å². The Morgan fingerprint density at radius 3 is 2.59 bits per heavy atom. The molecule has 0 spiro atoms. The SMILES string of the molecule is CC(=O)[C@]12Cc3cnn(-c4ccc(F)cc4)c3C=C1CCN(S(=O)(=O)c1ccn(C)n1)C2. The molecule has 166 valence electrons. The molecule has 1 saturated heterocycles. The third-order valence-corrected chi connectivity index (χ3v) is 8.16. The molecule has 0 bridgehead atoms. The normalized spacial score (nSPS) is 21.0. The summed E-state index contributed by atoms with van der Waals surface area (Å²) in [6.07, 6.45) is 6.02. The molecule has 1 aliphatic carbocycles. The predicted octanol–water partition coefficient (Wildman–Crippen LogP) is 2.35. The van der Waals surface area contributed by atoms with Crippen molar-refractivity contribution in [2.24, 2.45) is 12.5 Å². The quantitative estimate of drug-likeness (QED) is 0.603. The van der Waals surface area contributed by atoms with Crippen LogP contribution in [0, 0.1) is 11.2 Å². The van der Waals surface area contributed by atoms with E-state index in [2.05, 4.69) is 10.2 Å². The van der Waals surface area contributed by atoms with E-state index >= 15 is 0 Å². The number of hydrogen-bond acceptors (Lipinski definition) is 5. The van der Waals surface area contributed by atoms with Gasteiger partial charge in [-0.2, -0.15) is 14.5 Å². The lowest BCUT2D eigenvalue weighted by molar-refractivity contribution is -0.125. The number of nitrogens with zero attached hydrogens (tertiary/aromatic N) is 5. The van der Waals surface area contributed by atoms with Crippen LogP contribution >= 0.6 is 0 Å². The van der Waals surface area contributed by atoms with Crippen LogP contribution in [-0.4, -0.2) is 51.2 Å². The number of Topliss-reactive ketones (excluding diaryl/α,β-unsaturated/α-hetero) is 1. The van der Waals surface area contributed by atoms with Crippen molar-refractivity contribution in [2.45, 2.75) is 24.8 Å². The van der Waals surface area contributed by atoms with Crippen molar-refractivity contribution in [3.8, 4) is 5.69 Å². The van der Waals surface area contributed by atoms with Crippen molar-refractivity contribution in [1.29, 1.82) is 0 Å². The maximum absolute atomic E-state index is 13.3. The molecule has 1 aromatic carbocycles. The fourth-order valence-corrected chi connectivity index (χ4v) is 6.09. The van der Waals surface area contributed by atoms with Crippen molar-refractivity contribution in [3.05, 3.63) is 65.4 Å². The highest BCUT2D eigenvalue weighted by Gasteiger charge is 2.49. The van der Waals surface area contributed by atoms with E-state index in [1.165, 1.54) is 34.1 Å². The summed E-state index contributed by atoms with van der Waals surface area (Å²) in [6, 6.07) is 7.51. The van der Waals surface area contributed by atoms with Gasteiger partial charge in [-0.3, -0.25) is 9.48 Å². The summed E-state index contributed by atoms with van der Waals surface area (Å²) in [5.74, 6) is -0.407. The van der Waals surface area contributed by atoms with Gasteiger partial charge >= 0.3 is 0 Å². The third kappa shape index (κ3) is 3.13. The largest absolute Gasteiger partial charge is 0.299 e. The van der Waals surface area contributed by atoms with Crippen molar-refractivity contribution in [3.63, 3.8) is 0 Å². The molecule has 1 aliphatic heterocycles. The number of fused-ring (bicyclic) bond motifs is 2. The molecule has 3 aromatic rings. The van der Waals surface area contributed by atoms with Crippen LogP contribution in [0.25, 0.3) is 11.8 Å². The summed E-state index contributed by atoms with van der Waals surface area (Å²) in [7, 11) is -2.16. The van der Waals surface area contributed by atoms with Gasteiger partial charge in [0, 0.05) is 26.3 Å². The Bertz CT molecular complexity index is 1360. The molecular formula is C22H22FN5O3S. The van der Waals surface area contributed by atoms with Crippen LogP contribution < -0.4 is 0 Å². The van der Waals surface area contributed by atoms with Gasteiger partial charge in [-0.15, -0.1) is 0 Å². The van der Waals surface area contributed by atoms with Crippen molar-refractivity contribution >= 4 is 21.9 Å². The number of piperidine rings is 1. The van der Waals surface area contributed by atoms with Gasteiger partial charge in [0.1, 0.15) is 11.6 Å². The maximum Gasteiger partial charge on any atom is 0.262 e. The Balaban J connectivity index is 1.54. The molecule has 2 aliphatic rings. The number of aryl methyl sites for hydroxylation is 1. The Morgan fingerprint density at radius 1 is 1.19 bits per heavy atom. The molecule has 1 atom stereocenters. The number of rotatable bonds is 4. The molecule has 0 unspecified atom stereocenters. The Kier molecular flexibility index (Phi) is 4.68. The van der Waals surface area contributed by atoms with E-state index in [1.54, 1.807) is 36.3 Å². The monoisotopic (exact) mass is 455 g/mol. The van der Waals surface area contributed by atoms with Crippen LogP contribution in [0.1, 0.15) is 24.6 Å². The van der Waals surface area contributed by atoms with E-state index in [9.17, 15) is 17.6 Å². The van der Waals surface area contributed by atoms with E-state index in [1.807, 2.05) is 6.08 Å². The number of halogens is 1. The molecule has 32 heavy (non-hydrogen) atoms. The highest BCUT2D eigenvalue weighted by molar-refractivity contribution is 7.89. The zero-order valence-electron chi connectivity index (χ0n) is 17.7. The zero-order chi connectivity index (χ0) is 22.7. The van der Waals surface area contributed by atoms with Gasteiger partial charge in [0.25, 0.3) is 10.0 Å². The van der Waals surface area contributed by atoms with E-state index in [0.29, 0.717) is 12.8 Å². The highest BCUT2D eigenvalue weighted by atomic mass is 32.2. The first-order chi connectivity index (χ1) is 15.2. The molecule has 0 radical (unpaired) electrons. The summed E-state index contributed by atoms with van der Waals surface area (Å²) >= 11 is 0.